The summed E-state index contributed by atoms with van der Waals surface area (Å²) in [6.07, 6.45) is 1.70. The molecule has 2 N–H and O–H groups in total. The second kappa shape index (κ2) is 8.41. The van der Waals surface area contributed by atoms with Crippen LogP contribution >= 0.6 is 22.7 Å². The van der Waals surface area contributed by atoms with Gasteiger partial charge in [-0.25, -0.2) is 4.98 Å². The Hall–Kier alpha value is -1.97. The summed E-state index contributed by atoms with van der Waals surface area (Å²) in [6, 6.07) is 3.49. The molecule has 0 atom stereocenters. The molecule has 3 heterocycles. The Labute approximate surface area is 154 Å². The first-order valence-electron chi connectivity index (χ1n) is 8.15. The van der Waals surface area contributed by atoms with Gasteiger partial charge in [-0.1, -0.05) is 19.4 Å². The summed E-state index contributed by atoms with van der Waals surface area (Å²) < 4.78 is 5.36. The molecular weight excluding hydrogens is 360 g/mol. The van der Waals surface area contributed by atoms with Gasteiger partial charge in [-0.15, -0.1) is 22.7 Å². The molecule has 0 aliphatic carbocycles. The monoisotopic (exact) mass is 380 g/mol. The number of hydrazine groups is 1. The molecule has 1 saturated heterocycles. The molecule has 0 unspecified atom stereocenters. The van der Waals surface area contributed by atoms with Gasteiger partial charge in [0.25, 0.3) is 11.8 Å². The van der Waals surface area contributed by atoms with Crippen LogP contribution in [-0.2, 0) is 11.2 Å². The van der Waals surface area contributed by atoms with E-state index in [-0.39, 0.29) is 11.8 Å². The number of morpholine rings is 1. The van der Waals surface area contributed by atoms with E-state index in [0.717, 1.165) is 35.9 Å². The summed E-state index contributed by atoms with van der Waals surface area (Å²) in [7, 11) is 0. The fourth-order valence-corrected chi connectivity index (χ4v) is 4.27. The Kier molecular flexibility index (Phi) is 6.00. The van der Waals surface area contributed by atoms with E-state index in [9.17, 15) is 9.59 Å². The molecular formula is C16H20N4O3S2. The minimum Gasteiger partial charge on any atom is -0.378 e. The van der Waals surface area contributed by atoms with Crippen molar-refractivity contribution < 1.29 is 14.3 Å². The molecule has 2 amide bonds. The quantitative estimate of drug-likeness (QED) is 0.776. The third-order valence-electron chi connectivity index (χ3n) is 3.69. The molecule has 3 rings (SSSR count). The van der Waals surface area contributed by atoms with Gasteiger partial charge < -0.3 is 9.64 Å². The van der Waals surface area contributed by atoms with Gasteiger partial charge in [0.15, 0.2) is 5.13 Å². The Morgan fingerprint density at radius 2 is 2.04 bits per heavy atom. The average Bonchev–Trinajstić information content (AvgIpc) is 3.30. The second-order valence-corrected chi connectivity index (χ2v) is 7.51. The van der Waals surface area contributed by atoms with Crippen molar-refractivity contribution in [2.75, 3.05) is 31.2 Å². The van der Waals surface area contributed by atoms with Gasteiger partial charge in [0, 0.05) is 18.0 Å². The molecule has 1 aliphatic heterocycles. The lowest BCUT2D eigenvalue weighted by Crippen LogP contribution is -2.42. The van der Waals surface area contributed by atoms with Crippen molar-refractivity contribution in [2.24, 2.45) is 0 Å². The SMILES string of the molecule is CCCc1sc(N2CCOCC2)nc1C(=O)NNC(=O)c1cccs1. The number of aromatic nitrogens is 1. The smallest absolute Gasteiger partial charge is 0.289 e. The minimum absolute atomic E-state index is 0.330. The first-order chi connectivity index (χ1) is 12.2. The number of anilines is 1. The highest BCUT2D eigenvalue weighted by atomic mass is 32.1. The average molecular weight is 380 g/mol. The number of hydrogen-bond donors (Lipinski definition) is 2. The third kappa shape index (κ3) is 4.36. The van der Waals surface area contributed by atoms with Crippen molar-refractivity contribution in [3.05, 3.63) is 33.0 Å². The molecule has 9 heteroatoms. The Bertz CT molecular complexity index is 724. The maximum absolute atomic E-state index is 12.5. The van der Waals surface area contributed by atoms with E-state index in [4.69, 9.17) is 4.74 Å². The highest BCUT2D eigenvalue weighted by Gasteiger charge is 2.22. The minimum atomic E-state index is -0.385. The van der Waals surface area contributed by atoms with E-state index in [0.29, 0.717) is 23.8 Å². The maximum atomic E-state index is 12.5. The molecule has 134 valence electrons. The number of carbonyl (C=O) groups excluding carboxylic acids is 2. The van der Waals surface area contributed by atoms with Gasteiger partial charge in [0.05, 0.1) is 18.1 Å². The van der Waals surface area contributed by atoms with Crippen LogP contribution in [0.4, 0.5) is 5.13 Å². The Balaban J connectivity index is 1.69. The van der Waals surface area contributed by atoms with Crippen molar-refractivity contribution >= 4 is 39.6 Å². The van der Waals surface area contributed by atoms with Crippen molar-refractivity contribution in [1.29, 1.82) is 0 Å². The summed E-state index contributed by atoms with van der Waals surface area (Å²) >= 11 is 2.86. The predicted molar refractivity (Wildman–Crippen MR) is 98.4 cm³/mol. The predicted octanol–water partition coefficient (Wildman–Crippen LogP) is 2.07. The normalized spacial score (nSPS) is 14.4. The van der Waals surface area contributed by atoms with Gasteiger partial charge in [-0.2, -0.15) is 0 Å². The van der Waals surface area contributed by atoms with Crippen LogP contribution in [0.15, 0.2) is 17.5 Å². The molecule has 0 spiro atoms. The van der Waals surface area contributed by atoms with Crippen LogP contribution in [0.2, 0.25) is 0 Å². The number of hydrogen-bond acceptors (Lipinski definition) is 7. The summed E-state index contributed by atoms with van der Waals surface area (Å²) in [5.41, 5.74) is 5.30. The van der Waals surface area contributed by atoms with E-state index in [1.165, 1.54) is 22.7 Å². The fraction of sp³-hybridized carbons (Fsp3) is 0.438. The number of aryl methyl sites for hydroxylation is 1. The van der Waals surface area contributed by atoms with Gasteiger partial charge >= 0.3 is 0 Å². The highest BCUT2D eigenvalue weighted by molar-refractivity contribution is 7.16. The third-order valence-corrected chi connectivity index (χ3v) is 5.74. The van der Waals surface area contributed by atoms with E-state index >= 15 is 0 Å². The largest absolute Gasteiger partial charge is 0.378 e. The molecule has 0 bridgehead atoms. The van der Waals surface area contributed by atoms with E-state index < -0.39 is 0 Å². The molecule has 0 saturated carbocycles. The lowest BCUT2D eigenvalue weighted by Gasteiger charge is -2.26. The molecule has 1 fully saturated rings. The number of thiophene rings is 1. The van der Waals surface area contributed by atoms with Crippen LogP contribution < -0.4 is 15.8 Å². The van der Waals surface area contributed by atoms with Crippen molar-refractivity contribution in [2.45, 2.75) is 19.8 Å². The first kappa shape index (κ1) is 17.8. The molecule has 0 radical (unpaired) electrons. The van der Waals surface area contributed by atoms with E-state index in [2.05, 4.69) is 27.7 Å². The van der Waals surface area contributed by atoms with Gasteiger partial charge in [-0.3, -0.25) is 20.4 Å². The van der Waals surface area contributed by atoms with Crippen molar-refractivity contribution in [3.63, 3.8) is 0 Å². The zero-order valence-electron chi connectivity index (χ0n) is 13.9. The van der Waals surface area contributed by atoms with E-state index in [1.807, 2.05) is 5.38 Å². The Morgan fingerprint density at radius 1 is 1.28 bits per heavy atom. The zero-order chi connectivity index (χ0) is 17.6. The summed E-state index contributed by atoms with van der Waals surface area (Å²) in [5, 5.41) is 2.65. The van der Waals surface area contributed by atoms with Crippen LogP contribution in [0.25, 0.3) is 0 Å². The molecule has 1 aliphatic rings. The van der Waals surface area contributed by atoms with Crippen LogP contribution in [0, 0.1) is 0 Å². The summed E-state index contributed by atoms with van der Waals surface area (Å²) in [6.45, 7) is 4.95. The first-order valence-corrected chi connectivity index (χ1v) is 9.85. The fourth-order valence-electron chi connectivity index (χ4n) is 2.45. The van der Waals surface area contributed by atoms with Crippen LogP contribution in [0.5, 0.6) is 0 Å². The molecule has 2 aromatic heterocycles. The molecule has 2 aromatic rings. The zero-order valence-corrected chi connectivity index (χ0v) is 15.5. The standard InChI is InChI=1S/C16H20N4O3S2/c1-2-4-11-13(17-16(25-11)20-6-8-23-9-7-20)15(22)19-18-14(21)12-5-3-10-24-12/h3,5,10H,2,4,6-9H2,1H3,(H,18,21)(H,19,22). The van der Waals surface area contributed by atoms with Crippen LogP contribution in [0.3, 0.4) is 0 Å². The van der Waals surface area contributed by atoms with Crippen LogP contribution in [0.1, 0.15) is 38.4 Å². The molecule has 7 nitrogen and oxygen atoms in total. The Morgan fingerprint density at radius 3 is 2.72 bits per heavy atom. The van der Waals surface area contributed by atoms with Crippen molar-refractivity contribution in [3.8, 4) is 0 Å². The number of carbonyl (C=O) groups is 2. The molecule has 25 heavy (non-hydrogen) atoms. The number of nitrogens with zero attached hydrogens (tertiary/aromatic N) is 2. The summed E-state index contributed by atoms with van der Waals surface area (Å²) in [4.78, 5) is 32.6. The summed E-state index contributed by atoms with van der Waals surface area (Å²) in [5.74, 6) is -0.715. The second-order valence-electron chi connectivity index (χ2n) is 5.50. The highest BCUT2D eigenvalue weighted by Crippen LogP contribution is 2.28. The van der Waals surface area contributed by atoms with Gasteiger partial charge in [0.1, 0.15) is 5.69 Å². The number of amides is 2. The lowest BCUT2D eigenvalue weighted by atomic mass is 10.2. The van der Waals surface area contributed by atoms with E-state index in [1.54, 1.807) is 12.1 Å². The number of thiazole rings is 1. The number of nitrogens with one attached hydrogen (secondary N) is 2. The molecule has 0 aromatic carbocycles. The van der Waals surface area contributed by atoms with Gasteiger partial charge in [-0.05, 0) is 17.9 Å². The van der Waals surface area contributed by atoms with Crippen LogP contribution in [-0.4, -0.2) is 43.1 Å². The maximum Gasteiger partial charge on any atom is 0.289 e. The topological polar surface area (TPSA) is 83.6 Å². The van der Waals surface area contributed by atoms with Gasteiger partial charge in [0.2, 0.25) is 0 Å². The lowest BCUT2D eigenvalue weighted by molar-refractivity contribution is 0.0846. The number of ether oxygens (including phenoxy) is 1. The van der Waals surface area contributed by atoms with Crippen molar-refractivity contribution in [1.82, 2.24) is 15.8 Å². The number of rotatable bonds is 5.